The first-order valence-electron chi connectivity index (χ1n) is 6.36. The topological polar surface area (TPSA) is 74.0 Å². The van der Waals surface area contributed by atoms with Gasteiger partial charge in [-0.2, -0.15) is 0 Å². The number of amides is 1. The third-order valence-electron chi connectivity index (χ3n) is 3.35. The minimum atomic E-state index is -0.783. The van der Waals surface area contributed by atoms with Crippen molar-refractivity contribution in [2.75, 3.05) is 32.7 Å². The highest BCUT2D eigenvalue weighted by molar-refractivity contribution is 5.91. The number of carbonyl (C=O) groups excluding carboxylic acids is 1. The van der Waals surface area contributed by atoms with Gasteiger partial charge in [0.1, 0.15) is 0 Å². The molecule has 1 fully saturated rings. The van der Waals surface area contributed by atoms with Crippen LogP contribution < -0.4 is 0 Å². The summed E-state index contributed by atoms with van der Waals surface area (Å²) in [4.78, 5) is 26.6. The standard InChI is InChI=1S/C13H18N2O4/c1-10(13(17)18)9-14-4-6-15(7-5-14)12(16)11-3-2-8-19-11/h2-3,8,10H,4-7,9H2,1H3,(H,17,18). The molecular weight excluding hydrogens is 248 g/mol. The number of furan rings is 1. The van der Waals surface area contributed by atoms with Crippen LogP contribution in [0.4, 0.5) is 0 Å². The van der Waals surface area contributed by atoms with Crippen molar-refractivity contribution < 1.29 is 19.1 Å². The molecule has 0 aromatic carbocycles. The fraction of sp³-hybridized carbons (Fsp3) is 0.538. The predicted molar refractivity (Wildman–Crippen MR) is 67.9 cm³/mol. The third kappa shape index (κ3) is 3.35. The van der Waals surface area contributed by atoms with Crippen LogP contribution in [0.1, 0.15) is 17.5 Å². The van der Waals surface area contributed by atoms with E-state index in [1.54, 1.807) is 24.0 Å². The molecule has 1 aliphatic rings. The largest absolute Gasteiger partial charge is 0.481 e. The molecule has 1 aliphatic heterocycles. The van der Waals surface area contributed by atoms with E-state index >= 15 is 0 Å². The Bertz CT molecular complexity index is 436. The normalized spacial score (nSPS) is 18.3. The van der Waals surface area contributed by atoms with Crippen LogP contribution in [0, 0.1) is 5.92 Å². The van der Waals surface area contributed by atoms with E-state index in [9.17, 15) is 9.59 Å². The second-order valence-electron chi connectivity index (χ2n) is 4.81. The van der Waals surface area contributed by atoms with Gasteiger partial charge < -0.3 is 14.4 Å². The van der Waals surface area contributed by atoms with Crippen LogP contribution in [-0.2, 0) is 4.79 Å². The highest BCUT2D eigenvalue weighted by Crippen LogP contribution is 2.10. The minimum Gasteiger partial charge on any atom is -0.481 e. The lowest BCUT2D eigenvalue weighted by atomic mass is 10.1. The maximum Gasteiger partial charge on any atom is 0.307 e. The molecule has 0 aliphatic carbocycles. The van der Waals surface area contributed by atoms with E-state index < -0.39 is 5.97 Å². The molecule has 1 N–H and O–H groups in total. The Labute approximate surface area is 111 Å². The van der Waals surface area contributed by atoms with Crippen LogP contribution in [-0.4, -0.2) is 59.5 Å². The lowest BCUT2D eigenvalue weighted by Crippen LogP contribution is -2.50. The van der Waals surface area contributed by atoms with Crippen molar-refractivity contribution in [2.24, 2.45) is 5.92 Å². The second kappa shape index (κ2) is 5.88. The number of nitrogens with zero attached hydrogens (tertiary/aromatic N) is 2. The Hall–Kier alpha value is -1.82. The predicted octanol–water partition coefficient (Wildman–Crippen LogP) is 0.758. The number of hydrogen-bond acceptors (Lipinski definition) is 4. The zero-order valence-corrected chi connectivity index (χ0v) is 10.9. The molecule has 0 saturated carbocycles. The molecule has 6 heteroatoms. The first kappa shape index (κ1) is 13.6. The van der Waals surface area contributed by atoms with E-state index in [4.69, 9.17) is 9.52 Å². The summed E-state index contributed by atoms with van der Waals surface area (Å²) < 4.78 is 5.09. The molecule has 0 radical (unpaired) electrons. The maximum absolute atomic E-state index is 12.0. The zero-order valence-electron chi connectivity index (χ0n) is 10.9. The summed E-state index contributed by atoms with van der Waals surface area (Å²) in [6.07, 6.45) is 1.48. The summed E-state index contributed by atoms with van der Waals surface area (Å²) in [5.74, 6) is -0.912. The van der Waals surface area contributed by atoms with Gasteiger partial charge in [-0.05, 0) is 12.1 Å². The van der Waals surface area contributed by atoms with Crippen LogP contribution in [0.2, 0.25) is 0 Å². The van der Waals surface area contributed by atoms with Gasteiger partial charge in [-0.25, -0.2) is 0 Å². The summed E-state index contributed by atoms with van der Waals surface area (Å²) in [5, 5.41) is 8.87. The number of hydrogen-bond donors (Lipinski definition) is 1. The number of carboxylic acid groups (broad SMARTS) is 1. The molecule has 6 nitrogen and oxygen atoms in total. The van der Waals surface area contributed by atoms with Gasteiger partial charge in [0.2, 0.25) is 0 Å². The van der Waals surface area contributed by atoms with Gasteiger partial charge in [0.25, 0.3) is 5.91 Å². The van der Waals surface area contributed by atoms with E-state index in [0.29, 0.717) is 38.5 Å². The molecule has 104 valence electrons. The van der Waals surface area contributed by atoms with Gasteiger partial charge >= 0.3 is 5.97 Å². The summed E-state index contributed by atoms with van der Waals surface area (Å²) in [5.41, 5.74) is 0. The number of piperazine rings is 1. The SMILES string of the molecule is CC(CN1CCN(C(=O)c2ccco2)CC1)C(=O)O. The Morgan fingerprint density at radius 2 is 2.05 bits per heavy atom. The molecule has 2 rings (SSSR count). The molecule has 1 saturated heterocycles. The van der Waals surface area contributed by atoms with Crippen molar-refractivity contribution in [3.8, 4) is 0 Å². The lowest BCUT2D eigenvalue weighted by Gasteiger charge is -2.34. The van der Waals surface area contributed by atoms with E-state index in [1.165, 1.54) is 6.26 Å². The fourth-order valence-electron chi connectivity index (χ4n) is 2.16. The molecule has 19 heavy (non-hydrogen) atoms. The van der Waals surface area contributed by atoms with E-state index in [0.717, 1.165) is 0 Å². The van der Waals surface area contributed by atoms with Crippen molar-refractivity contribution in [2.45, 2.75) is 6.92 Å². The highest BCUT2D eigenvalue weighted by atomic mass is 16.4. The molecule has 1 unspecified atom stereocenters. The third-order valence-corrected chi connectivity index (χ3v) is 3.35. The van der Waals surface area contributed by atoms with E-state index in [2.05, 4.69) is 4.90 Å². The number of carboxylic acids is 1. The maximum atomic E-state index is 12.0. The molecule has 1 aromatic rings. The molecule has 1 atom stereocenters. The molecular formula is C13H18N2O4. The van der Waals surface area contributed by atoms with Crippen molar-refractivity contribution in [1.29, 1.82) is 0 Å². The number of carbonyl (C=O) groups is 2. The lowest BCUT2D eigenvalue weighted by molar-refractivity contribution is -0.141. The first-order chi connectivity index (χ1) is 9.08. The smallest absolute Gasteiger partial charge is 0.307 e. The number of aliphatic carboxylic acids is 1. The van der Waals surface area contributed by atoms with Gasteiger partial charge in [0.05, 0.1) is 12.2 Å². The van der Waals surface area contributed by atoms with Crippen molar-refractivity contribution in [3.63, 3.8) is 0 Å². The summed E-state index contributed by atoms with van der Waals surface area (Å²) >= 11 is 0. The van der Waals surface area contributed by atoms with Crippen LogP contribution in [0.15, 0.2) is 22.8 Å². The van der Waals surface area contributed by atoms with Crippen LogP contribution in [0.25, 0.3) is 0 Å². The Balaban J connectivity index is 1.82. The first-order valence-corrected chi connectivity index (χ1v) is 6.36. The monoisotopic (exact) mass is 266 g/mol. The van der Waals surface area contributed by atoms with Crippen LogP contribution in [0.5, 0.6) is 0 Å². The van der Waals surface area contributed by atoms with Crippen molar-refractivity contribution >= 4 is 11.9 Å². The van der Waals surface area contributed by atoms with Gasteiger partial charge in [0, 0.05) is 32.7 Å². The van der Waals surface area contributed by atoms with Crippen LogP contribution in [0.3, 0.4) is 0 Å². The zero-order chi connectivity index (χ0) is 13.8. The molecule has 1 amide bonds. The number of rotatable bonds is 4. The quantitative estimate of drug-likeness (QED) is 0.870. The summed E-state index contributed by atoms with van der Waals surface area (Å²) in [6.45, 7) is 4.83. The fourth-order valence-corrected chi connectivity index (χ4v) is 2.16. The molecule has 0 spiro atoms. The Morgan fingerprint density at radius 1 is 1.37 bits per heavy atom. The van der Waals surface area contributed by atoms with Gasteiger partial charge in [-0.15, -0.1) is 0 Å². The highest BCUT2D eigenvalue weighted by Gasteiger charge is 2.25. The average molecular weight is 266 g/mol. The Kier molecular flexibility index (Phi) is 4.21. The van der Waals surface area contributed by atoms with Gasteiger partial charge in [-0.1, -0.05) is 6.92 Å². The van der Waals surface area contributed by atoms with Crippen LogP contribution >= 0.6 is 0 Å². The Morgan fingerprint density at radius 3 is 2.58 bits per heavy atom. The summed E-state index contributed by atoms with van der Waals surface area (Å²) in [6, 6.07) is 3.35. The van der Waals surface area contributed by atoms with Crippen molar-refractivity contribution in [1.82, 2.24) is 9.80 Å². The molecule has 2 heterocycles. The van der Waals surface area contributed by atoms with E-state index in [1.807, 2.05) is 0 Å². The van der Waals surface area contributed by atoms with Crippen molar-refractivity contribution in [3.05, 3.63) is 24.2 Å². The average Bonchev–Trinajstić information content (AvgIpc) is 2.92. The van der Waals surface area contributed by atoms with Gasteiger partial charge in [-0.3, -0.25) is 14.5 Å². The molecule has 0 bridgehead atoms. The van der Waals surface area contributed by atoms with E-state index in [-0.39, 0.29) is 11.8 Å². The second-order valence-corrected chi connectivity index (χ2v) is 4.81. The molecule has 1 aromatic heterocycles. The van der Waals surface area contributed by atoms with Gasteiger partial charge in [0.15, 0.2) is 5.76 Å². The minimum absolute atomic E-state index is 0.101. The summed E-state index contributed by atoms with van der Waals surface area (Å²) in [7, 11) is 0.